The minimum atomic E-state index is -0.507. The molecule has 0 bridgehead atoms. The molecule has 2 aromatic carbocycles. The third kappa shape index (κ3) is 6.39. The third-order valence-corrected chi connectivity index (χ3v) is 5.73. The molecule has 7 heteroatoms. The molecule has 1 unspecified atom stereocenters. The van der Waals surface area contributed by atoms with E-state index in [9.17, 15) is 14.4 Å². The Hall–Kier alpha value is -3.19. The van der Waals surface area contributed by atoms with E-state index in [4.69, 9.17) is 0 Å². The predicted octanol–water partition coefficient (Wildman–Crippen LogP) is 2.10. The van der Waals surface area contributed by atoms with Crippen LogP contribution in [0.25, 0.3) is 0 Å². The molecule has 164 valence electrons. The van der Waals surface area contributed by atoms with Crippen molar-refractivity contribution in [3.63, 3.8) is 0 Å². The van der Waals surface area contributed by atoms with Gasteiger partial charge >= 0.3 is 6.03 Å². The van der Waals surface area contributed by atoms with Crippen LogP contribution in [0.5, 0.6) is 0 Å². The molecule has 0 aromatic heterocycles. The minimum Gasteiger partial charge on any atom is -0.340 e. The molecule has 7 nitrogen and oxygen atoms in total. The first-order chi connectivity index (χ1) is 14.9. The van der Waals surface area contributed by atoms with E-state index in [-0.39, 0.29) is 11.8 Å². The monoisotopic (exact) mass is 422 g/mol. The Labute approximate surface area is 183 Å². The number of nitrogens with one attached hydrogen (secondary N) is 2. The molecule has 0 saturated carbocycles. The van der Waals surface area contributed by atoms with Crippen LogP contribution in [-0.2, 0) is 22.6 Å². The lowest BCUT2D eigenvalue weighted by molar-refractivity contribution is -0.133. The van der Waals surface area contributed by atoms with Crippen LogP contribution in [0.3, 0.4) is 0 Å². The Morgan fingerprint density at radius 3 is 2.26 bits per heavy atom. The molecule has 1 aliphatic heterocycles. The Morgan fingerprint density at radius 1 is 0.935 bits per heavy atom. The number of imide groups is 1. The molecule has 1 heterocycles. The van der Waals surface area contributed by atoms with E-state index in [1.807, 2.05) is 71.3 Å². The van der Waals surface area contributed by atoms with Crippen molar-refractivity contribution >= 4 is 17.8 Å². The first-order valence-corrected chi connectivity index (χ1v) is 10.6. The van der Waals surface area contributed by atoms with Gasteiger partial charge in [0.05, 0.1) is 12.5 Å². The summed E-state index contributed by atoms with van der Waals surface area (Å²) in [6.07, 6.45) is 0.393. The maximum atomic E-state index is 12.6. The number of nitrogens with zero attached hydrogens (tertiary/aromatic N) is 2. The normalized spacial score (nSPS) is 15.2. The number of amides is 4. The highest BCUT2D eigenvalue weighted by Crippen LogP contribution is 2.12. The van der Waals surface area contributed by atoms with Crippen molar-refractivity contribution in [1.29, 1.82) is 0 Å². The zero-order chi connectivity index (χ0) is 22.2. The standard InChI is InChI=1S/C24H30N4O3/c1-18-8-6-7-11-21(18)16-22(29)28-14-12-27(13-15-28)19(2)23(30)26-24(31)25-17-20-9-4-3-5-10-20/h3-11,19H,12-17H2,1-2H3,(H2,25,26,30,31). The van der Waals surface area contributed by atoms with Gasteiger partial charge in [0.15, 0.2) is 0 Å². The molecular weight excluding hydrogens is 392 g/mol. The molecule has 31 heavy (non-hydrogen) atoms. The summed E-state index contributed by atoms with van der Waals surface area (Å²) in [5.74, 6) is -0.239. The van der Waals surface area contributed by atoms with E-state index in [0.717, 1.165) is 16.7 Å². The second-order valence-electron chi connectivity index (χ2n) is 7.85. The van der Waals surface area contributed by atoms with Gasteiger partial charge in [-0.1, -0.05) is 54.6 Å². The first-order valence-electron chi connectivity index (χ1n) is 10.6. The largest absolute Gasteiger partial charge is 0.340 e. The zero-order valence-electron chi connectivity index (χ0n) is 18.1. The van der Waals surface area contributed by atoms with E-state index in [1.165, 1.54) is 0 Å². The molecule has 1 atom stereocenters. The summed E-state index contributed by atoms with van der Waals surface area (Å²) in [6.45, 7) is 6.49. The van der Waals surface area contributed by atoms with Gasteiger partial charge in [0.1, 0.15) is 0 Å². The summed E-state index contributed by atoms with van der Waals surface area (Å²) in [7, 11) is 0. The Balaban J connectivity index is 1.42. The molecule has 3 rings (SSSR count). The lowest BCUT2D eigenvalue weighted by atomic mass is 10.1. The van der Waals surface area contributed by atoms with Gasteiger partial charge in [-0.25, -0.2) is 4.79 Å². The predicted molar refractivity (Wildman–Crippen MR) is 119 cm³/mol. The van der Waals surface area contributed by atoms with Gasteiger partial charge in [-0.2, -0.15) is 0 Å². The fourth-order valence-corrected chi connectivity index (χ4v) is 3.65. The number of urea groups is 1. The highest BCUT2D eigenvalue weighted by Gasteiger charge is 2.28. The molecule has 0 aliphatic carbocycles. The van der Waals surface area contributed by atoms with Crippen molar-refractivity contribution in [2.24, 2.45) is 0 Å². The molecule has 2 aromatic rings. The highest BCUT2D eigenvalue weighted by molar-refractivity contribution is 5.96. The van der Waals surface area contributed by atoms with Crippen LogP contribution in [0.15, 0.2) is 54.6 Å². The number of carbonyl (C=O) groups is 3. The summed E-state index contributed by atoms with van der Waals surface area (Å²) in [4.78, 5) is 41.0. The lowest BCUT2D eigenvalue weighted by Crippen LogP contribution is -2.56. The number of rotatable bonds is 6. The number of piperazine rings is 1. The van der Waals surface area contributed by atoms with E-state index < -0.39 is 12.1 Å². The maximum Gasteiger partial charge on any atom is 0.321 e. The maximum absolute atomic E-state index is 12.6. The second kappa shape index (κ2) is 10.7. The van der Waals surface area contributed by atoms with Gasteiger partial charge in [0.25, 0.3) is 0 Å². The van der Waals surface area contributed by atoms with Gasteiger partial charge in [0.2, 0.25) is 11.8 Å². The SMILES string of the molecule is Cc1ccccc1CC(=O)N1CCN(C(C)C(=O)NC(=O)NCc2ccccc2)CC1. The Bertz CT molecular complexity index is 908. The van der Waals surface area contributed by atoms with Crippen LogP contribution in [0.2, 0.25) is 0 Å². The van der Waals surface area contributed by atoms with Crippen LogP contribution in [0.1, 0.15) is 23.6 Å². The molecule has 2 N–H and O–H groups in total. The van der Waals surface area contributed by atoms with Crippen molar-refractivity contribution in [1.82, 2.24) is 20.4 Å². The van der Waals surface area contributed by atoms with Gasteiger partial charge < -0.3 is 10.2 Å². The minimum absolute atomic E-state index is 0.103. The molecule has 1 aliphatic rings. The van der Waals surface area contributed by atoms with Gasteiger partial charge in [-0.05, 0) is 30.5 Å². The van der Waals surface area contributed by atoms with Crippen molar-refractivity contribution in [3.05, 3.63) is 71.3 Å². The second-order valence-corrected chi connectivity index (χ2v) is 7.85. The number of hydrogen-bond donors (Lipinski definition) is 2. The summed E-state index contributed by atoms with van der Waals surface area (Å²) in [6, 6.07) is 16.5. The third-order valence-electron chi connectivity index (χ3n) is 5.73. The molecule has 0 radical (unpaired) electrons. The summed E-state index contributed by atoms with van der Waals surface area (Å²) < 4.78 is 0. The fourth-order valence-electron chi connectivity index (χ4n) is 3.65. The average molecular weight is 423 g/mol. The van der Waals surface area contributed by atoms with E-state index in [2.05, 4.69) is 10.6 Å². The molecular formula is C24H30N4O3. The molecule has 4 amide bonds. The van der Waals surface area contributed by atoms with E-state index in [1.54, 1.807) is 6.92 Å². The number of benzene rings is 2. The summed E-state index contributed by atoms with van der Waals surface area (Å²) in [5.41, 5.74) is 3.12. The van der Waals surface area contributed by atoms with Crippen molar-refractivity contribution < 1.29 is 14.4 Å². The van der Waals surface area contributed by atoms with Gasteiger partial charge in [-0.15, -0.1) is 0 Å². The zero-order valence-corrected chi connectivity index (χ0v) is 18.1. The Kier molecular flexibility index (Phi) is 7.78. The molecule has 1 fully saturated rings. The number of carbonyl (C=O) groups excluding carboxylic acids is 3. The average Bonchev–Trinajstić information content (AvgIpc) is 2.79. The first kappa shape index (κ1) is 22.5. The summed E-state index contributed by atoms with van der Waals surface area (Å²) >= 11 is 0. The fraction of sp³-hybridized carbons (Fsp3) is 0.375. The van der Waals surface area contributed by atoms with Crippen LogP contribution < -0.4 is 10.6 Å². The van der Waals surface area contributed by atoms with Crippen molar-refractivity contribution in [2.45, 2.75) is 32.9 Å². The highest BCUT2D eigenvalue weighted by atomic mass is 16.2. The van der Waals surface area contributed by atoms with Gasteiger partial charge in [-0.3, -0.25) is 19.8 Å². The van der Waals surface area contributed by atoms with E-state index >= 15 is 0 Å². The van der Waals surface area contributed by atoms with Crippen LogP contribution in [0, 0.1) is 6.92 Å². The van der Waals surface area contributed by atoms with Crippen molar-refractivity contribution in [2.75, 3.05) is 26.2 Å². The Morgan fingerprint density at radius 2 is 1.58 bits per heavy atom. The number of aryl methyl sites for hydroxylation is 1. The van der Waals surface area contributed by atoms with Gasteiger partial charge in [0, 0.05) is 32.7 Å². The molecule has 0 spiro atoms. The van der Waals surface area contributed by atoms with Crippen LogP contribution >= 0.6 is 0 Å². The smallest absolute Gasteiger partial charge is 0.321 e. The molecule has 1 saturated heterocycles. The quantitative estimate of drug-likeness (QED) is 0.747. The van der Waals surface area contributed by atoms with Crippen LogP contribution in [0.4, 0.5) is 4.79 Å². The summed E-state index contributed by atoms with van der Waals surface area (Å²) in [5, 5.41) is 5.10. The van der Waals surface area contributed by atoms with Crippen LogP contribution in [-0.4, -0.2) is 59.9 Å². The number of hydrogen-bond acceptors (Lipinski definition) is 4. The van der Waals surface area contributed by atoms with E-state index in [0.29, 0.717) is 39.1 Å². The van der Waals surface area contributed by atoms with Crippen molar-refractivity contribution in [3.8, 4) is 0 Å². The topological polar surface area (TPSA) is 81.8 Å². The lowest BCUT2D eigenvalue weighted by Gasteiger charge is -2.37.